The van der Waals surface area contributed by atoms with E-state index in [9.17, 15) is 38.4 Å². The van der Waals surface area contributed by atoms with E-state index in [4.69, 9.17) is 37.9 Å². The number of aldehydes is 8. The molecule has 0 unspecified atom stereocenters. The molecule has 0 radical (unpaired) electrons. The van der Waals surface area contributed by atoms with Crippen LogP contribution >= 0.6 is 0 Å². The highest BCUT2D eigenvalue weighted by Crippen LogP contribution is 2.43. The second-order valence-electron chi connectivity index (χ2n) is 21.3. The molecule has 0 saturated heterocycles. The standard InChI is InChI=1S/C72H64O16/c1-81-65-49-9-41(33-73)10-50(65)26-52-12-43(35-75)14-54(67(52)83-3)28-56-16-45(37-77)18-58(69(56)85-5)30-60-20-47(39-79)22-62(71(60)87-7)32-64-24-48(40-80)23-63(72(64)88-8)31-61-21-46(38-78)19-59(70(61)86-6)29-57-17-44(36-76)15-55(68(57)84-4)27-53-13-42(34-74)11-51(25-49)66(53)82-2/h9-24,33-40H,25-32H2,1-8H3. The minimum atomic E-state index is 0.104. The van der Waals surface area contributed by atoms with Crippen LogP contribution in [0.5, 0.6) is 46.0 Å². The predicted molar refractivity (Wildman–Crippen MR) is 330 cm³/mol. The zero-order chi connectivity index (χ0) is 62.8. The number of methoxy groups -OCH3 is 8. The lowest BCUT2D eigenvalue weighted by atomic mass is 9.88. The Bertz CT molecular complexity index is 3120. The van der Waals surface area contributed by atoms with Crippen molar-refractivity contribution in [3.8, 4) is 46.0 Å². The van der Waals surface area contributed by atoms with Crippen molar-refractivity contribution in [2.45, 2.75) is 51.4 Å². The second kappa shape index (κ2) is 27.7. The van der Waals surface area contributed by atoms with Crippen LogP contribution in [0.25, 0.3) is 0 Å². The van der Waals surface area contributed by atoms with Crippen LogP contribution in [0.1, 0.15) is 172 Å². The first kappa shape index (κ1) is 62.1. The minimum Gasteiger partial charge on any atom is -0.496 e. The Balaban J connectivity index is 1.31. The summed E-state index contributed by atoms with van der Waals surface area (Å²) in [5.41, 5.74) is 11.6. The van der Waals surface area contributed by atoms with Crippen molar-refractivity contribution in [3.05, 3.63) is 231 Å². The molecule has 16 heteroatoms. The highest BCUT2D eigenvalue weighted by Gasteiger charge is 2.27. The Kier molecular flexibility index (Phi) is 19.5. The maximum Gasteiger partial charge on any atom is 0.150 e. The smallest absolute Gasteiger partial charge is 0.150 e. The molecule has 8 aromatic carbocycles. The number of hydrogen-bond acceptors (Lipinski definition) is 16. The van der Waals surface area contributed by atoms with Gasteiger partial charge in [0.2, 0.25) is 0 Å². The molecule has 0 saturated carbocycles. The zero-order valence-electron chi connectivity index (χ0n) is 50.0. The Hall–Kier alpha value is -10.5. The molecule has 0 spiro atoms. The fraction of sp³-hybridized carbons (Fsp3) is 0.222. The molecule has 448 valence electrons. The summed E-state index contributed by atoms with van der Waals surface area (Å²) in [6, 6.07) is 27.2. The summed E-state index contributed by atoms with van der Waals surface area (Å²) >= 11 is 0. The van der Waals surface area contributed by atoms with Crippen LogP contribution in [0.15, 0.2) is 97.1 Å². The van der Waals surface area contributed by atoms with Crippen molar-refractivity contribution in [3.63, 3.8) is 0 Å². The highest BCUT2D eigenvalue weighted by molar-refractivity contribution is 5.83. The maximum absolute atomic E-state index is 12.9. The normalized spacial score (nSPS) is 12.1. The van der Waals surface area contributed by atoms with Gasteiger partial charge in [-0.25, -0.2) is 0 Å². The molecule has 0 amide bonds. The second-order valence-corrected chi connectivity index (χ2v) is 21.3. The molecule has 0 N–H and O–H groups in total. The summed E-state index contributed by atoms with van der Waals surface area (Å²) in [5, 5.41) is 0. The van der Waals surface area contributed by atoms with Crippen LogP contribution in [-0.2, 0) is 51.4 Å². The number of carbonyl (C=O) groups is 8. The van der Waals surface area contributed by atoms with Crippen LogP contribution in [0, 0.1) is 0 Å². The van der Waals surface area contributed by atoms with E-state index in [2.05, 4.69) is 0 Å². The number of ether oxygens (including phenoxy) is 8. The Morgan fingerprint density at radius 1 is 0.182 bits per heavy atom. The predicted octanol–water partition coefficient (Wildman–Crippen LogP) is 11.3. The maximum atomic E-state index is 12.9. The van der Waals surface area contributed by atoms with Crippen LogP contribution in [0.3, 0.4) is 0 Å². The fourth-order valence-corrected chi connectivity index (χ4v) is 12.6. The van der Waals surface area contributed by atoms with Crippen molar-refractivity contribution >= 4 is 50.3 Å². The van der Waals surface area contributed by atoms with Gasteiger partial charge in [0, 0.05) is 95.9 Å². The van der Waals surface area contributed by atoms with E-state index >= 15 is 0 Å². The first-order valence-corrected chi connectivity index (χ1v) is 28.0. The molecule has 88 heavy (non-hydrogen) atoms. The molecule has 0 aliphatic heterocycles. The largest absolute Gasteiger partial charge is 0.496 e. The Morgan fingerprint density at radius 3 is 0.318 bits per heavy atom. The third-order valence-electron chi connectivity index (χ3n) is 15.9. The van der Waals surface area contributed by atoms with Crippen LogP contribution < -0.4 is 37.9 Å². The third-order valence-corrected chi connectivity index (χ3v) is 15.9. The van der Waals surface area contributed by atoms with Gasteiger partial charge >= 0.3 is 0 Å². The van der Waals surface area contributed by atoms with Gasteiger partial charge in [-0.05, 0) is 186 Å². The molecule has 16 nitrogen and oxygen atoms in total. The molecule has 0 atom stereocenters. The topological polar surface area (TPSA) is 210 Å². The summed E-state index contributed by atoms with van der Waals surface area (Å²) in [6.45, 7) is 0. The van der Waals surface area contributed by atoms with Crippen molar-refractivity contribution < 1.29 is 76.3 Å². The summed E-state index contributed by atoms with van der Waals surface area (Å²) in [4.78, 5) is 103. The van der Waals surface area contributed by atoms with Gasteiger partial charge in [0.25, 0.3) is 0 Å². The molecule has 8 aromatic rings. The fourth-order valence-electron chi connectivity index (χ4n) is 12.6. The molecule has 1 aliphatic carbocycles. The van der Waals surface area contributed by atoms with Gasteiger partial charge in [0.1, 0.15) is 96.3 Å². The minimum absolute atomic E-state index is 0.104. The molecule has 0 heterocycles. The van der Waals surface area contributed by atoms with Gasteiger partial charge in [-0.3, -0.25) is 38.4 Å². The van der Waals surface area contributed by atoms with Crippen LogP contribution in [-0.4, -0.2) is 107 Å². The summed E-state index contributed by atoms with van der Waals surface area (Å²) in [5.74, 6) is 3.33. The van der Waals surface area contributed by atoms with E-state index in [1.807, 2.05) is 0 Å². The third kappa shape index (κ3) is 12.7. The van der Waals surface area contributed by atoms with Crippen LogP contribution in [0.2, 0.25) is 0 Å². The van der Waals surface area contributed by atoms with Crippen molar-refractivity contribution in [1.29, 1.82) is 0 Å². The molecule has 0 fully saturated rings. The van der Waals surface area contributed by atoms with Gasteiger partial charge in [-0.15, -0.1) is 0 Å². The SMILES string of the molecule is COc1c2cc(C=O)cc1Cc1cc(C=O)cc(c1OC)Cc1cc(C=O)cc(c1OC)Cc1cc(C=O)cc(c1OC)Cc1cc(C=O)cc(c1OC)Cc1cc(C=O)cc(c1OC)Cc1cc(C=O)cc(c1OC)Cc1cc(C=O)cc(c1OC)C2. The van der Waals surface area contributed by atoms with Gasteiger partial charge in [-0.1, -0.05) is 0 Å². The average Bonchev–Trinajstić information content (AvgIpc) is 1.77. The molecule has 9 rings (SSSR count). The van der Waals surface area contributed by atoms with E-state index in [0.717, 1.165) is 50.3 Å². The first-order valence-electron chi connectivity index (χ1n) is 28.0. The van der Waals surface area contributed by atoms with Gasteiger partial charge in [0.15, 0.2) is 0 Å². The lowest BCUT2D eigenvalue weighted by molar-refractivity contribution is 0.111. The number of rotatable bonds is 16. The van der Waals surface area contributed by atoms with Gasteiger partial charge < -0.3 is 37.9 Å². The quantitative estimate of drug-likeness (QED) is 0.0823. The van der Waals surface area contributed by atoms with Gasteiger partial charge in [0.05, 0.1) is 56.9 Å². The number of carbonyl (C=O) groups excluding carboxylic acids is 8. The molecule has 16 bridgehead atoms. The van der Waals surface area contributed by atoms with Gasteiger partial charge in [-0.2, -0.15) is 0 Å². The number of benzene rings is 8. The molecule has 1 aliphatic rings. The van der Waals surface area contributed by atoms with E-state index in [1.54, 1.807) is 97.1 Å². The lowest BCUT2D eigenvalue weighted by Gasteiger charge is -2.22. The first-order chi connectivity index (χ1) is 42.8. The van der Waals surface area contributed by atoms with E-state index in [-0.39, 0.29) is 51.4 Å². The van der Waals surface area contributed by atoms with Crippen LogP contribution in [0.4, 0.5) is 0 Å². The Morgan fingerprint density at radius 2 is 0.261 bits per heavy atom. The summed E-state index contributed by atoms with van der Waals surface area (Å²) < 4.78 is 49.5. The van der Waals surface area contributed by atoms with Crippen molar-refractivity contribution in [2.75, 3.05) is 56.9 Å². The van der Waals surface area contributed by atoms with Crippen molar-refractivity contribution in [2.24, 2.45) is 0 Å². The average molecular weight is 1190 g/mol. The lowest BCUT2D eigenvalue weighted by Crippen LogP contribution is -2.08. The summed E-state index contributed by atoms with van der Waals surface area (Å²) in [7, 11) is 12.1. The Labute approximate surface area is 509 Å². The monoisotopic (exact) mass is 1180 g/mol. The highest BCUT2D eigenvalue weighted by atomic mass is 16.5. The van der Waals surface area contributed by atoms with Crippen molar-refractivity contribution in [1.82, 2.24) is 0 Å². The van der Waals surface area contributed by atoms with E-state index < -0.39 is 0 Å². The molecule has 0 aromatic heterocycles. The summed E-state index contributed by atoms with van der Waals surface area (Å²) in [6.07, 6.45) is 6.61. The molecular formula is C72H64O16. The van der Waals surface area contributed by atoms with E-state index in [1.165, 1.54) is 56.9 Å². The number of fused-ring (bicyclic) bond motifs is 16. The number of hydrogen-bond donors (Lipinski definition) is 0. The van der Waals surface area contributed by atoms with E-state index in [0.29, 0.717) is 180 Å². The molecular weight excluding hydrogens is 1120 g/mol. The zero-order valence-corrected chi connectivity index (χ0v) is 50.0.